The molecule has 2 aromatic carbocycles. The Bertz CT molecular complexity index is 832. The van der Waals surface area contributed by atoms with Gasteiger partial charge in [0.1, 0.15) is 0 Å². The van der Waals surface area contributed by atoms with Gasteiger partial charge >= 0.3 is 0 Å². The third-order valence-electron chi connectivity index (χ3n) is 4.16. The molecule has 156 valence electrons. The van der Waals surface area contributed by atoms with Crippen LogP contribution in [-0.2, 0) is 11.2 Å². The molecule has 1 amide bonds. The lowest BCUT2D eigenvalue weighted by Gasteiger charge is -2.12. The zero-order valence-corrected chi connectivity index (χ0v) is 17.5. The topological polar surface area (TPSA) is 66.0 Å². The molecule has 0 aliphatic rings. The molecule has 2 aromatic rings. The van der Waals surface area contributed by atoms with Crippen LogP contribution in [0.3, 0.4) is 0 Å². The molecule has 0 fully saturated rings. The Morgan fingerprint density at radius 2 is 1.59 bits per heavy atom. The standard InChI is InChI=1S/C23H29NO5/c1-5-28-20-11-8-18(16-22(20)29-6-2)13-14-24-23(25)12-9-17-7-10-19(26-3)21(15-17)27-4/h7-12,15-16H,5-6,13-14H2,1-4H3,(H,24,25)/b12-9+. The molecule has 0 saturated carbocycles. The van der Waals surface area contributed by atoms with Crippen LogP contribution in [0.25, 0.3) is 6.08 Å². The van der Waals surface area contributed by atoms with E-state index in [0.717, 1.165) is 22.6 Å². The minimum Gasteiger partial charge on any atom is -0.493 e. The number of hydrogen-bond acceptors (Lipinski definition) is 5. The fourth-order valence-electron chi connectivity index (χ4n) is 2.77. The van der Waals surface area contributed by atoms with E-state index in [4.69, 9.17) is 18.9 Å². The van der Waals surface area contributed by atoms with E-state index in [9.17, 15) is 4.79 Å². The summed E-state index contributed by atoms with van der Waals surface area (Å²) in [6.07, 6.45) is 3.94. The Kier molecular flexibility index (Phi) is 8.89. The van der Waals surface area contributed by atoms with Gasteiger partial charge in [0, 0.05) is 12.6 Å². The highest BCUT2D eigenvalue weighted by Gasteiger charge is 2.07. The van der Waals surface area contributed by atoms with Crippen molar-refractivity contribution >= 4 is 12.0 Å². The normalized spacial score (nSPS) is 10.6. The van der Waals surface area contributed by atoms with Gasteiger partial charge in [-0.05, 0) is 61.7 Å². The Morgan fingerprint density at radius 3 is 2.28 bits per heavy atom. The lowest BCUT2D eigenvalue weighted by atomic mass is 10.1. The lowest BCUT2D eigenvalue weighted by Crippen LogP contribution is -2.23. The van der Waals surface area contributed by atoms with Crippen molar-refractivity contribution in [2.45, 2.75) is 20.3 Å². The number of benzene rings is 2. The molecule has 6 heteroatoms. The Morgan fingerprint density at radius 1 is 0.897 bits per heavy atom. The molecule has 1 N–H and O–H groups in total. The van der Waals surface area contributed by atoms with Crippen molar-refractivity contribution in [1.29, 1.82) is 0 Å². The molecule has 29 heavy (non-hydrogen) atoms. The van der Waals surface area contributed by atoms with Crippen molar-refractivity contribution in [2.24, 2.45) is 0 Å². The third kappa shape index (κ3) is 6.75. The average molecular weight is 399 g/mol. The maximum atomic E-state index is 12.1. The highest BCUT2D eigenvalue weighted by atomic mass is 16.5. The predicted molar refractivity (Wildman–Crippen MR) is 114 cm³/mol. The first-order chi connectivity index (χ1) is 14.1. The van der Waals surface area contributed by atoms with E-state index >= 15 is 0 Å². The molecule has 0 radical (unpaired) electrons. The highest BCUT2D eigenvalue weighted by molar-refractivity contribution is 5.91. The second-order valence-electron chi connectivity index (χ2n) is 6.14. The monoisotopic (exact) mass is 399 g/mol. The van der Waals surface area contributed by atoms with E-state index in [1.54, 1.807) is 26.4 Å². The molecule has 0 aromatic heterocycles. The molecule has 0 atom stereocenters. The third-order valence-corrected chi connectivity index (χ3v) is 4.16. The Balaban J connectivity index is 1.89. The summed E-state index contributed by atoms with van der Waals surface area (Å²) in [5, 5.41) is 2.89. The van der Waals surface area contributed by atoms with Crippen molar-refractivity contribution in [1.82, 2.24) is 5.32 Å². The van der Waals surface area contributed by atoms with Crippen LogP contribution in [0.1, 0.15) is 25.0 Å². The summed E-state index contributed by atoms with van der Waals surface area (Å²) in [7, 11) is 3.17. The zero-order valence-electron chi connectivity index (χ0n) is 17.5. The first-order valence-electron chi connectivity index (χ1n) is 9.67. The molecule has 2 rings (SSSR count). The minimum absolute atomic E-state index is 0.157. The summed E-state index contributed by atoms with van der Waals surface area (Å²) < 4.78 is 21.7. The first kappa shape index (κ1) is 22.1. The van der Waals surface area contributed by atoms with Gasteiger partial charge in [0.15, 0.2) is 23.0 Å². The second kappa shape index (κ2) is 11.6. The van der Waals surface area contributed by atoms with E-state index in [1.165, 1.54) is 6.08 Å². The number of ether oxygens (including phenoxy) is 4. The summed E-state index contributed by atoms with van der Waals surface area (Å²) in [6, 6.07) is 11.3. The summed E-state index contributed by atoms with van der Waals surface area (Å²) in [5.41, 5.74) is 1.92. The maximum Gasteiger partial charge on any atom is 0.244 e. The van der Waals surface area contributed by atoms with Crippen molar-refractivity contribution in [2.75, 3.05) is 34.0 Å². The Labute approximate surface area is 172 Å². The summed E-state index contributed by atoms with van der Waals surface area (Å²) >= 11 is 0. The van der Waals surface area contributed by atoms with E-state index in [1.807, 2.05) is 44.2 Å². The van der Waals surface area contributed by atoms with Crippen LogP contribution in [0.4, 0.5) is 0 Å². The number of carbonyl (C=O) groups excluding carboxylic acids is 1. The van der Waals surface area contributed by atoms with Crippen LogP contribution >= 0.6 is 0 Å². The number of hydrogen-bond donors (Lipinski definition) is 1. The molecule has 0 aliphatic heterocycles. The number of rotatable bonds is 11. The predicted octanol–water partition coefficient (Wildman–Crippen LogP) is 3.87. The van der Waals surface area contributed by atoms with E-state index in [-0.39, 0.29) is 5.91 Å². The molecule has 0 heterocycles. The van der Waals surface area contributed by atoms with Crippen LogP contribution in [-0.4, -0.2) is 39.9 Å². The quantitative estimate of drug-likeness (QED) is 0.581. The van der Waals surface area contributed by atoms with Gasteiger partial charge in [-0.15, -0.1) is 0 Å². The molecule has 0 saturated heterocycles. The van der Waals surface area contributed by atoms with Gasteiger partial charge < -0.3 is 24.3 Å². The summed E-state index contributed by atoms with van der Waals surface area (Å²) in [6.45, 7) is 5.56. The summed E-state index contributed by atoms with van der Waals surface area (Å²) in [5.74, 6) is 2.58. The average Bonchev–Trinajstić information content (AvgIpc) is 2.74. The van der Waals surface area contributed by atoms with Crippen LogP contribution < -0.4 is 24.3 Å². The van der Waals surface area contributed by atoms with Gasteiger partial charge in [-0.1, -0.05) is 12.1 Å². The summed E-state index contributed by atoms with van der Waals surface area (Å²) in [4.78, 5) is 12.1. The zero-order chi connectivity index (χ0) is 21.1. The van der Waals surface area contributed by atoms with Gasteiger partial charge in [-0.2, -0.15) is 0 Å². The van der Waals surface area contributed by atoms with Gasteiger partial charge in [0.05, 0.1) is 27.4 Å². The lowest BCUT2D eigenvalue weighted by molar-refractivity contribution is -0.116. The number of carbonyl (C=O) groups is 1. The molecule has 0 unspecified atom stereocenters. The molecule has 0 spiro atoms. The molecular formula is C23H29NO5. The number of methoxy groups -OCH3 is 2. The first-order valence-corrected chi connectivity index (χ1v) is 9.67. The van der Waals surface area contributed by atoms with Crippen LogP contribution in [0, 0.1) is 0 Å². The fourth-order valence-corrected chi connectivity index (χ4v) is 2.77. The SMILES string of the molecule is CCOc1ccc(CCNC(=O)/C=C/c2ccc(OC)c(OC)c2)cc1OCC. The largest absolute Gasteiger partial charge is 0.493 e. The van der Waals surface area contributed by atoms with Gasteiger partial charge in [0.2, 0.25) is 5.91 Å². The molecular weight excluding hydrogens is 370 g/mol. The van der Waals surface area contributed by atoms with Crippen LogP contribution in [0.2, 0.25) is 0 Å². The van der Waals surface area contributed by atoms with Crippen molar-refractivity contribution in [3.63, 3.8) is 0 Å². The fraction of sp³-hybridized carbons (Fsp3) is 0.348. The van der Waals surface area contributed by atoms with Crippen molar-refractivity contribution in [3.8, 4) is 23.0 Å². The molecule has 6 nitrogen and oxygen atoms in total. The maximum absolute atomic E-state index is 12.1. The van der Waals surface area contributed by atoms with Gasteiger partial charge in [-0.3, -0.25) is 4.79 Å². The molecule has 0 aliphatic carbocycles. The van der Waals surface area contributed by atoms with E-state index in [0.29, 0.717) is 37.7 Å². The molecule has 0 bridgehead atoms. The van der Waals surface area contributed by atoms with Crippen molar-refractivity contribution < 1.29 is 23.7 Å². The number of amides is 1. The van der Waals surface area contributed by atoms with Crippen LogP contribution in [0.5, 0.6) is 23.0 Å². The number of nitrogens with one attached hydrogen (secondary N) is 1. The highest BCUT2D eigenvalue weighted by Crippen LogP contribution is 2.29. The van der Waals surface area contributed by atoms with E-state index < -0.39 is 0 Å². The van der Waals surface area contributed by atoms with Gasteiger partial charge in [0.25, 0.3) is 0 Å². The minimum atomic E-state index is -0.157. The van der Waals surface area contributed by atoms with Crippen molar-refractivity contribution in [3.05, 3.63) is 53.6 Å². The van der Waals surface area contributed by atoms with Gasteiger partial charge in [-0.25, -0.2) is 0 Å². The van der Waals surface area contributed by atoms with E-state index in [2.05, 4.69) is 5.32 Å². The Hall–Kier alpha value is -3.15. The smallest absolute Gasteiger partial charge is 0.244 e. The van der Waals surface area contributed by atoms with Crippen LogP contribution in [0.15, 0.2) is 42.5 Å². The second-order valence-corrected chi connectivity index (χ2v) is 6.14.